The first-order valence-electron chi connectivity index (χ1n) is 6.43. The van der Waals surface area contributed by atoms with Crippen molar-refractivity contribution in [2.24, 2.45) is 0 Å². The van der Waals surface area contributed by atoms with Crippen LogP contribution in [0.15, 0.2) is 17.0 Å². The summed E-state index contributed by atoms with van der Waals surface area (Å²) >= 11 is 11.8. The van der Waals surface area contributed by atoms with Crippen LogP contribution in [-0.2, 0) is 15.9 Å². The zero-order valence-electron chi connectivity index (χ0n) is 11.2. The molecule has 1 fully saturated rings. The standard InChI is InChI=1S/C13H17Cl2NO3S/c1-19-13-10(9-14)7-11(15)8-12(13)20(17,18)16-5-3-2-4-6-16/h7-8H,2-6,9H2,1H3. The first-order chi connectivity index (χ1) is 9.50. The van der Waals surface area contributed by atoms with Crippen LogP contribution in [0, 0.1) is 0 Å². The van der Waals surface area contributed by atoms with Crippen LogP contribution in [0.25, 0.3) is 0 Å². The molecule has 1 aromatic carbocycles. The van der Waals surface area contributed by atoms with Gasteiger partial charge in [-0.15, -0.1) is 11.6 Å². The molecule has 0 amide bonds. The van der Waals surface area contributed by atoms with E-state index in [9.17, 15) is 8.42 Å². The lowest BCUT2D eigenvalue weighted by molar-refractivity contribution is 0.342. The molecule has 0 N–H and O–H groups in total. The fraction of sp³-hybridized carbons (Fsp3) is 0.538. The lowest BCUT2D eigenvalue weighted by Crippen LogP contribution is -2.35. The van der Waals surface area contributed by atoms with Gasteiger partial charge in [0.2, 0.25) is 10.0 Å². The lowest BCUT2D eigenvalue weighted by atomic mass is 10.2. The Morgan fingerprint density at radius 2 is 1.90 bits per heavy atom. The fourth-order valence-corrected chi connectivity index (χ4v) is 4.64. The molecule has 0 aromatic heterocycles. The Hall–Kier alpha value is -0.490. The van der Waals surface area contributed by atoms with Gasteiger partial charge in [-0.1, -0.05) is 18.0 Å². The van der Waals surface area contributed by atoms with Crippen LogP contribution in [0.4, 0.5) is 0 Å². The molecule has 2 rings (SSSR count). The molecule has 0 aliphatic carbocycles. The third-order valence-corrected chi connectivity index (χ3v) is 5.79. The second-order valence-corrected chi connectivity index (χ2v) is 7.30. The van der Waals surface area contributed by atoms with Crippen molar-refractivity contribution in [1.82, 2.24) is 4.31 Å². The molecule has 0 unspecified atom stereocenters. The number of nitrogens with zero attached hydrogens (tertiary/aromatic N) is 1. The Morgan fingerprint density at radius 1 is 1.25 bits per heavy atom. The molecular formula is C13H17Cl2NO3S. The Bertz CT molecular complexity index is 584. The molecule has 112 valence electrons. The van der Waals surface area contributed by atoms with Crippen LogP contribution in [-0.4, -0.2) is 32.9 Å². The van der Waals surface area contributed by atoms with Crippen molar-refractivity contribution >= 4 is 33.2 Å². The van der Waals surface area contributed by atoms with Crippen molar-refractivity contribution in [1.29, 1.82) is 0 Å². The Labute approximate surface area is 129 Å². The summed E-state index contributed by atoms with van der Waals surface area (Å²) in [5, 5.41) is 0.344. The lowest BCUT2D eigenvalue weighted by Gasteiger charge is -2.27. The Morgan fingerprint density at radius 3 is 2.45 bits per heavy atom. The molecule has 0 saturated carbocycles. The van der Waals surface area contributed by atoms with Gasteiger partial charge in [0.05, 0.1) is 13.0 Å². The molecule has 0 radical (unpaired) electrons. The smallest absolute Gasteiger partial charge is 0.246 e. The summed E-state index contributed by atoms with van der Waals surface area (Å²) in [5.74, 6) is 0.432. The third-order valence-electron chi connectivity index (χ3n) is 3.38. The Kier molecular flexibility index (Phi) is 5.18. The molecular weight excluding hydrogens is 321 g/mol. The summed E-state index contributed by atoms with van der Waals surface area (Å²) in [6.45, 7) is 1.07. The highest BCUT2D eigenvalue weighted by Crippen LogP contribution is 2.35. The second kappa shape index (κ2) is 6.52. The van der Waals surface area contributed by atoms with Crippen LogP contribution in [0.3, 0.4) is 0 Å². The number of hydrogen-bond acceptors (Lipinski definition) is 3. The van der Waals surface area contributed by atoms with Gasteiger partial charge in [0.1, 0.15) is 10.6 Å². The molecule has 1 aliphatic rings. The highest BCUT2D eigenvalue weighted by Gasteiger charge is 2.30. The monoisotopic (exact) mass is 337 g/mol. The quantitative estimate of drug-likeness (QED) is 0.792. The van der Waals surface area contributed by atoms with Gasteiger partial charge in [0.15, 0.2) is 0 Å². The minimum atomic E-state index is -3.59. The summed E-state index contributed by atoms with van der Waals surface area (Å²) in [5.41, 5.74) is 0.581. The van der Waals surface area contributed by atoms with E-state index in [-0.39, 0.29) is 16.5 Å². The van der Waals surface area contributed by atoms with E-state index in [2.05, 4.69) is 0 Å². The summed E-state index contributed by atoms with van der Waals surface area (Å²) < 4.78 is 32.2. The van der Waals surface area contributed by atoms with Crippen molar-refractivity contribution in [3.8, 4) is 5.75 Å². The number of benzene rings is 1. The third kappa shape index (κ3) is 3.06. The van der Waals surface area contributed by atoms with Gasteiger partial charge >= 0.3 is 0 Å². The first-order valence-corrected chi connectivity index (χ1v) is 8.78. The largest absolute Gasteiger partial charge is 0.495 e. The predicted octanol–water partition coefficient (Wildman–Crippen LogP) is 3.26. The molecule has 20 heavy (non-hydrogen) atoms. The number of alkyl halides is 1. The molecule has 1 saturated heterocycles. The number of halogens is 2. The summed E-state index contributed by atoms with van der Waals surface area (Å²) in [6.07, 6.45) is 2.82. The molecule has 4 nitrogen and oxygen atoms in total. The maximum atomic E-state index is 12.7. The van der Waals surface area contributed by atoms with Gasteiger partial charge in [-0.3, -0.25) is 0 Å². The van der Waals surface area contributed by atoms with Gasteiger partial charge in [0, 0.05) is 23.7 Å². The highest BCUT2D eigenvalue weighted by atomic mass is 35.5. The minimum Gasteiger partial charge on any atom is -0.495 e. The number of piperidine rings is 1. The van der Waals surface area contributed by atoms with Crippen LogP contribution in [0.5, 0.6) is 5.75 Å². The van der Waals surface area contributed by atoms with E-state index >= 15 is 0 Å². The van der Waals surface area contributed by atoms with E-state index in [4.69, 9.17) is 27.9 Å². The second-order valence-electron chi connectivity index (χ2n) is 4.69. The van der Waals surface area contributed by atoms with Crippen LogP contribution in [0.1, 0.15) is 24.8 Å². The molecule has 1 aromatic rings. The van der Waals surface area contributed by atoms with E-state index in [1.807, 2.05) is 0 Å². The summed E-state index contributed by atoms with van der Waals surface area (Å²) in [6, 6.07) is 3.06. The van der Waals surface area contributed by atoms with E-state index < -0.39 is 10.0 Å². The number of rotatable bonds is 4. The number of ether oxygens (including phenoxy) is 1. The predicted molar refractivity (Wildman–Crippen MR) is 80.2 cm³/mol. The van der Waals surface area contributed by atoms with Crippen LogP contribution in [0.2, 0.25) is 5.02 Å². The maximum absolute atomic E-state index is 12.7. The first kappa shape index (κ1) is 15.9. The van der Waals surface area contributed by atoms with E-state index in [0.29, 0.717) is 23.7 Å². The van der Waals surface area contributed by atoms with E-state index in [1.54, 1.807) is 6.07 Å². The van der Waals surface area contributed by atoms with E-state index in [1.165, 1.54) is 17.5 Å². The number of sulfonamides is 1. The van der Waals surface area contributed by atoms with Gasteiger partial charge in [-0.25, -0.2) is 8.42 Å². The molecule has 0 spiro atoms. The van der Waals surface area contributed by atoms with Crippen molar-refractivity contribution in [2.75, 3.05) is 20.2 Å². The van der Waals surface area contributed by atoms with Crippen LogP contribution >= 0.6 is 23.2 Å². The van der Waals surface area contributed by atoms with Crippen molar-refractivity contribution in [3.05, 3.63) is 22.7 Å². The average molecular weight is 338 g/mol. The number of methoxy groups -OCH3 is 1. The molecule has 1 heterocycles. The van der Waals surface area contributed by atoms with Gasteiger partial charge in [0.25, 0.3) is 0 Å². The Balaban J connectivity index is 2.52. The van der Waals surface area contributed by atoms with Crippen molar-refractivity contribution in [2.45, 2.75) is 30.0 Å². The van der Waals surface area contributed by atoms with Gasteiger partial charge in [-0.2, -0.15) is 4.31 Å². The molecule has 0 atom stereocenters. The minimum absolute atomic E-state index is 0.102. The highest BCUT2D eigenvalue weighted by molar-refractivity contribution is 7.89. The maximum Gasteiger partial charge on any atom is 0.246 e. The van der Waals surface area contributed by atoms with Gasteiger partial charge in [-0.05, 0) is 25.0 Å². The topological polar surface area (TPSA) is 46.6 Å². The van der Waals surface area contributed by atoms with Crippen molar-refractivity contribution in [3.63, 3.8) is 0 Å². The summed E-state index contributed by atoms with van der Waals surface area (Å²) in [7, 11) is -2.16. The number of hydrogen-bond donors (Lipinski definition) is 0. The molecule has 0 bridgehead atoms. The summed E-state index contributed by atoms with van der Waals surface area (Å²) in [4.78, 5) is 0.102. The van der Waals surface area contributed by atoms with E-state index in [0.717, 1.165) is 19.3 Å². The average Bonchev–Trinajstić information content (AvgIpc) is 2.47. The zero-order valence-corrected chi connectivity index (χ0v) is 13.6. The zero-order chi connectivity index (χ0) is 14.8. The fourth-order valence-electron chi connectivity index (χ4n) is 2.39. The molecule has 1 aliphatic heterocycles. The van der Waals surface area contributed by atoms with Crippen molar-refractivity contribution < 1.29 is 13.2 Å². The SMILES string of the molecule is COc1c(CCl)cc(Cl)cc1S(=O)(=O)N1CCCCC1. The molecule has 7 heteroatoms. The van der Waals surface area contributed by atoms with Crippen LogP contribution < -0.4 is 4.74 Å². The normalized spacial score (nSPS) is 17.1. The van der Waals surface area contributed by atoms with Gasteiger partial charge < -0.3 is 4.74 Å².